The lowest BCUT2D eigenvalue weighted by atomic mass is 9.98. The van der Waals surface area contributed by atoms with Crippen LogP contribution in [0.25, 0.3) is 0 Å². The zero-order chi connectivity index (χ0) is 20.4. The van der Waals surface area contributed by atoms with E-state index in [4.69, 9.17) is 9.47 Å². The van der Waals surface area contributed by atoms with Gasteiger partial charge in [-0.2, -0.15) is 0 Å². The van der Waals surface area contributed by atoms with E-state index in [-0.39, 0.29) is 6.42 Å². The number of aryl methyl sites for hydroxylation is 1. The first-order valence-corrected chi connectivity index (χ1v) is 7.95. The SMILES string of the molecule is COc1ccc(CCC(C)(C)OC(=O)c2c(F)c(F)c(F)c(F)c2F)cc1. The number of halogens is 5. The number of hydrogen-bond donors (Lipinski definition) is 0. The molecule has 2 rings (SSSR count). The van der Waals surface area contributed by atoms with Crippen molar-refractivity contribution in [1.29, 1.82) is 0 Å². The minimum Gasteiger partial charge on any atom is -0.497 e. The molecule has 8 heteroatoms. The molecule has 27 heavy (non-hydrogen) atoms. The maximum absolute atomic E-state index is 13.7. The molecule has 0 aliphatic heterocycles. The van der Waals surface area contributed by atoms with Crippen molar-refractivity contribution in [3.63, 3.8) is 0 Å². The summed E-state index contributed by atoms with van der Waals surface area (Å²) in [4.78, 5) is 12.0. The van der Waals surface area contributed by atoms with Crippen LogP contribution >= 0.6 is 0 Å². The zero-order valence-corrected chi connectivity index (χ0v) is 14.8. The van der Waals surface area contributed by atoms with Crippen molar-refractivity contribution in [1.82, 2.24) is 0 Å². The number of hydrogen-bond acceptors (Lipinski definition) is 3. The molecule has 0 spiro atoms. The Bertz CT molecular complexity index is 818. The molecule has 0 saturated carbocycles. The largest absolute Gasteiger partial charge is 0.497 e. The van der Waals surface area contributed by atoms with Gasteiger partial charge in [0.2, 0.25) is 5.82 Å². The number of carbonyl (C=O) groups is 1. The van der Waals surface area contributed by atoms with Gasteiger partial charge < -0.3 is 9.47 Å². The Morgan fingerprint density at radius 2 is 1.37 bits per heavy atom. The van der Waals surface area contributed by atoms with E-state index in [1.807, 2.05) is 0 Å². The van der Waals surface area contributed by atoms with E-state index in [0.29, 0.717) is 12.2 Å². The lowest BCUT2D eigenvalue weighted by molar-refractivity contribution is -0.00554. The van der Waals surface area contributed by atoms with E-state index < -0.39 is 46.2 Å². The van der Waals surface area contributed by atoms with Gasteiger partial charge in [-0.15, -0.1) is 0 Å². The average Bonchev–Trinajstić information content (AvgIpc) is 2.63. The highest BCUT2D eigenvalue weighted by Gasteiger charge is 2.33. The van der Waals surface area contributed by atoms with E-state index in [0.717, 1.165) is 5.56 Å². The van der Waals surface area contributed by atoms with Gasteiger partial charge in [0.05, 0.1) is 7.11 Å². The molecule has 0 aliphatic carbocycles. The van der Waals surface area contributed by atoms with Gasteiger partial charge in [0.25, 0.3) is 0 Å². The first-order chi connectivity index (χ1) is 12.6. The number of carbonyl (C=O) groups excluding carboxylic acids is 1. The smallest absolute Gasteiger partial charge is 0.344 e. The van der Waals surface area contributed by atoms with Gasteiger partial charge in [0.15, 0.2) is 23.3 Å². The molecular formula is C19H17F5O3. The Hall–Kier alpha value is -2.64. The molecule has 0 N–H and O–H groups in total. The van der Waals surface area contributed by atoms with Crippen LogP contribution in [0, 0.1) is 29.1 Å². The Morgan fingerprint density at radius 3 is 1.85 bits per heavy atom. The molecule has 0 atom stereocenters. The summed E-state index contributed by atoms with van der Waals surface area (Å²) < 4.78 is 77.0. The van der Waals surface area contributed by atoms with Gasteiger partial charge in [-0.25, -0.2) is 26.7 Å². The minimum absolute atomic E-state index is 0.250. The number of methoxy groups -OCH3 is 1. The Labute approximate surface area is 152 Å². The van der Waals surface area contributed by atoms with Crippen LogP contribution in [0.1, 0.15) is 36.2 Å². The van der Waals surface area contributed by atoms with Gasteiger partial charge in [0.1, 0.15) is 16.9 Å². The molecule has 146 valence electrons. The van der Waals surface area contributed by atoms with Crippen molar-refractivity contribution < 1.29 is 36.2 Å². The monoisotopic (exact) mass is 388 g/mol. The topological polar surface area (TPSA) is 35.5 Å². The van der Waals surface area contributed by atoms with Crippen molar-refractivity contribution in [3.8, 4) is 5.75 Å². The van der Waals surface area contributed by atoms with E-state index >= 15 is 0 Å². The Kier molecular flexibility index (Phi) is 6.08. The van der Waals surface area contributed by atoms with Gasteiger partial charge in [-0.3, -0.25) is 0 Å². The van der Waals surface area contributed by atoms with Crippen LogP contribution in [0.5, 0.6) is 5.75 Å². The molecule has 0 fully saturated rings. The molecule has 0 radical (unpaired) electrons. The van der Waals surface area contributed by atoms with Crippen LogP contribution in [0.4, 0.5) is 22.0 Å². The Morgan fingerprint density at radius 1 is 0.889 bits per heavy atom. The summed E-state index contributed by atoms with van der Waals surface area (Å²) in [5.74, 6) is -12.1. The van der Waals surface area contributed by atoms with E-state index in [2.05, 4.69) is 0 Å². The number of ether oxygens (including phenoxy) is 2. The number of rotatable bonds is 6. The molecular weight excluding hydrogens is 371 g/mol. The average molecular weight is 388 g/mol. The predicted octanol–water partition coefficient (Wildman–Crippen LogP) is 4.96. The van der Waals surface area contributed by atoms with Crippen LogP contribution in [0.15, 0.2) is 24.3 Å². The van der Waals surface area contributed by atoms with Crippen molar-refractivity contribution >= 4 is 5.97 Å². The molecule has 3 nitrogen and oxygen atoms in total. The van der Waals surface area contributed by atoms with E-state index in [9.17, 15) is 26.7 Å². The summed E-state index contributed by atoms with van der Waals surface area (Å²) >= 11 is 0. The van der Waals surface area contributed by atoms with Crippen molar-refractivity contribution in [2.24, 2.45) is 0 Å². The zero-order valence-electron chi connectivity index (χ0n) is 14.8. The summed E-state index contributed by atoms with van der Waals surface area (Å²) in [5.41, 5.74) is -1.93. The molecule has 0 aliphatic rings. The van der Waals surface area contributed by atoms with Crippen LogP contribution < -0.4 is 4.74 Å². The molecule has 2 aromatic carbocycles. The van der Waals surface area contributed by atoms with Crippen LogP contribution in [0.3, 0.4) is 0 Å². The fourth-order valence-electron chi connectivity index (χ4n) is 2.37. The fraction of sp³-hybridized carbons (Fsp3) is 0.316. The lowest BCUT2D eigenvalue weighted by Gasteiger charge is -2.25. The maximum atomic E-state index is 13.7. The van der Waals surface area contributed by atoms with E-state index in [1.165, 1.54) is 21.0 Å². The predicted molar refractivity (Wildman–Crippen MR) is 87.0 cm³/mol. The van der Waals surface area contributed by atoms with Gasteiger partial charge >= 0.3 is 5.97 Å². The fourth-order valence-corrected chi connectivity index (χ4v) is 2.37. The molecule has 2 aromatic rings. The van der Waals surface area contributed by atoms with E-state index in [1.54, 1.807) is 24.3 Å². The molecule has 0 heterocycles. The van der Waals surface area contributed by atoms with Gasteiger partial charge in [-0.05, 0) is 44.4 Å². The normalized spacial score (nSPS) is 11.4. The van der Waals surface area contributed by atoms with Crippen LogP contribution in [-0.4, -0.2) is 18.7 Å². The maximum Gasteiger partial charge on any atom is 0.344 e. The summed E-state index contributed by atoms with van der Waals surface area (Å²) in [7, 11) is 1.52. The molecule has 0 amide bonds. The summed E-state index contributed by atoms with van der Waals surface area (Å²) in [6, 6.07) is 7.06. The first kappa shape index (κ1) is 20.7. The second-order valence-electron chi connectivity index (χ2n) is 6.44. The molecule has 0 unspecified atom stereocenters. The van der Waals surface area contributed by atoms with Crippen molar-refractivity contribution in [2.45, 2.75) is 32.3 Å². The highest BCUT2D eigenvalue weighted by Crippen LogP contribution is 2.27. The van der Waals surface area contributed by atoms with Gasteiger partial charge in [0, 0.05) is 0 Å². The number of benzene rings is 2. The van der Waals surface area contributed by atoms with Crippen LogP contribution in [0.2, 0.25) is 0 Å². The van der Waals surface area contributed by atoms with Crippen LogP contribution in [-0.2, 0) is 11.2 Å². The highest BCUT2D eigenvalue weighted by atomic mass is 19.2. The lowest BCUT2D eigenvalue weighted by Crippen LogP contribution is -2.30. The second-order valence-corrected chi connectivity index (χ2v) is 6.44. The summed E-state index contributed by atoms with van der Waals surface area (Å²) in [6.07, 6.45) is 0.696. The van der Waals surface area contributed by atoms with Crippen molar-refractivity contribution in [2.75, 3.05) is 7.11 Å². The Balaban J connectivity index is 2.14. The summed E-state index contributed by atoms with van der Waals surface area (Å²) in [5, 5.41) is 0. The highest BCUT2D eigenvalue weighted by molar-refractivity contribution is 5.90. The molecule has 0 saturated heterocycles. The standard InChI is InChI=1S/C19H17F5O3/c1-19(2,9-8-10-4-6-11(26-3)7-5-10)27-18(25)12-13(20)15(22)17(24)16(23)14(12)21/h4-7H,8-9H2,1-3H3. The molecule has 0 aromatic heterocycles. The van der Waals surface area contributed by atoms with Gasteiger partial charge in [-0.1, -0.05) is 12.1 Å². The van der Waals surface area contributed by atoms with Crippen molar-refractivity contribution in [3.05, 3.63) is 64.5 Å². The number of esters is 1. The minimum atomic E-state index is -2.33. The molecule has 0 bridgehead atoms. The summed E-state index contributed by atoms with van der Waals surface area (Å²) in [6.45, 7) is 2.95. The third-order valence-corrected chi connectivity index (χ3v) is 3.96. The first-order valence-electron chi connectivity index (χ1n) is 7.95. The quantitative estimate of drug-likeness (QED) is 0.304. The second kappa shape index (κ2) is 7.94. The third-order valence-electron chi connectivity index (χ3n) is 3.96. The third kappa shape index (κ3) is 4.56.